The molecule has 2 rings (SSSR count). The van der Waals surface area contributed by atoms with Crippen LogP contribution in [-0.4, -0.2) is 23.9 Å². The number of aromatic nitrogens is 1. The Labute approximate surface area is 153 Å². The fourth-order valence-corrected chi connectivity index (χ4v) is 3.71. The van der Waals surface area contributed by atoms with Gasteiger partial charge in [-0.15, -0.1) is 0 Å². The van der Waals surface area contributed by atoms with Gasteiger partial charge >= 0.3 is 6.18 Å². The Hall–Kier alpha value is -1.93. The lowest BCUT2D eigenvalue weighted by Crippen LogP contribution is -2.41. The minimum atomic E-state index is -4.53. The molecule has 0 amide bonds. The second-order valence-corrected chi connectivity index (χ2v) is 9.04. The predicted octanol–water partition coefficient (Wildman–Crippen LogP) is 4.12. The van der Waals surface area contributed by atoms with E-state index in [0.29, 0.717) is 11.2 Å². The first-order chi connectivity index (χ1) is 11.9. The lowest BCUT2D eigenvalue weighted by molar-refractivity contribution is -0.137. The van der Waals surface area contributed by atoms with Crippen LogP contribution in [0.1, 0.15) is 25.1 Å². The molecule has 0 aliphatic heterocycles. The topological polar surface area (TPSA) is 64.1 Å². The number of pyridine rings is 1. The summed E-state index contributed by atoms with van der Waals surface area (Å²) in [7, 11) is -4.02. The molecule has 0 fully saturated rings. The van der Waals surface area contributed by atoms with Crippen LogP contribution in [0.2, 0.25) is 5.02 Å². The molecule has 0 saturated heterocycles. The third kappa shape index (κ3) is 4.07. The van der Waals surface area contributed by atoms with Crippen LogP contribution in [-0.2, 0) is 27.2 Å². The number of sulfone groups is 1. The van der Waals surface area contributed by atoms with Gasteiger partial charge in [0.2, 0.25) is 0 Å². The molecule has 0 aliphatic carbocycles. The van der Waals surface area contributed by atoms with Gasteiger partial charge in [0, 0.05) is 16.9 Å². The highest BCUT2D eigenvalue weighted by Gasteiger charge is 2.42. The minimum absolute atomic E-state index is 0.0578. The molecule has 0 radical (unpaired) electrons. The number of halogens is 4. The van der Waals surface area contributed by atoms with E-state index in [1.165, 1.54) is 38.1 Å². The highest BCUT2D eigenvalue weighted by molar-refractivity contribution is 7.93. The van der Waals surface area contributed by atoms with Gasteiger partial charge in [-0.3, -0.25) is 9.78 Å². The summed E-state index contributed by atoms with van der Waals surface area (Å²) >= 11 is 5.74. The number of benzene rings is 1. The first kappa shape index (κ1) is 20.4. The van der Waals surface area contributed by atoms with Crippen molar-refractivity contribution in [3.8, 4) is 0 Å². The van der Waals surface area contributed by atoms with E-state index in [1.54, 1.807) is 0 Å². The first-order valence-corrected chi connectivity index (χ1v) is 9.27. The lowest BCUT2D eigenvalue weighted by atomic mass is 10.0. The molecule has 0 spiro atoms. The predicted molar refractivity (Wildman–Crippen MR) is 90.7 cm³/mol. The SMILES string of the molecule is CC(C)(C(=O)Cc1ccc(C(F)(F)F)cn1)S(=O)(=O)c1ccc(Cl)cc1. The smallest absolute Gasteiger partial charge is 0.298 e. The summed E-state index contributed by atoms with van der Waals surface area (Å²) in [5, 5.41) is 0.349. The largest absolute Gasteiger partial charge is 0.417 e. The number of carbonyl (C=O) groups excluding carboxylic acids is 1. The van der Waals surface area contributed by atoms with E-state index in [1.807, 2.05) is 0 Å². The molecular weight excluding hydrogens is 391 g/mol. The zero-order chi connectivity index (χ0) is 19.8. The van der Waals surface area contributed by atoms with E-state index in [2.05, 4.69) is 4.98 Å². The maximum atomic E-state index is 12.7. The molecule has 1 aromatic heterocycles. The van der Waals surface area contributed by atoms with Crippen LogP contribution in [0.25, 0.3) is 0 Å². The summed E-state index contributed by atoms with van der Waals surface area (Å²) < 4.78 is 61.4. The zero-order valence-electron chi connectivity index (χ0n) is 13.8. The maximum absolute atomic E-state index is 12.7. The van der Waals surface area contributed by atoms with Crippen molar-refractivity contribution in [2.24, 2.45) is 0 Å². The fourth-order valence-electron chi connectivity index (χ4n) is 2.13. The lowest BCUT2D eigenvalue weighted by Gasteiger charge is -2.23. The number of nitrogens with zero attached hydrogens (tertiary/aromatic N) is 1. The highest BCUT2D eigenvalue weighted by Crippen LogP contribution is 2.30. The van der Waals surface area contributed by atoms with Crippen LogP contribution in [0.5, 0.6) is 0 Å². The van der Waals surface area contributed by atoms with E-state index in [0.717, 1.165) is 12.1 Å². The Morgan fingerprint density at radius 3 is 2.12 bits per heavy atom. The Morgan fingerprint density at radius 1 is 1.08 bits per heavy atom. The van der Waals surface area contributed by atoms with Crippen molar-refractivity contribution in [1.29, 1.82) is 0 Å². The quantitative estimate of drug-likeness (QED) is 0.750. The number of alkyl halides is 3. The second kappa shape index (κ2) is 7.00. The van der Waals surface area contributed by atoms with Crippen LogP contribution >= 0.6 is 11.6 Å². The number of hydrogen-bond acceptors (Lipinski definition) is 4. The van der Waals surface area contributed by atoms with Crippen LogP contribution in [0, 0.1) is 0 Å². The number of ketones is 1. The molecule has 0 unspecified atom stereocenters. The number of Topliss-reactive ketones (excluding diaryl/α,β-unsaturated/α-hetero) is 1. The molecule has 1 heterocycles. The minimum Gasteiger partial charge on any atom is -0.298 e. The highest BCUT2D eigenvalue weighted by atomic mass is 35.5. The molecule has 0 atom stereocenters. The summed E-state index contributed by atoms with van der Waals surface area (Å²) in [6.45, 7) is 2.51. The molecule has 1 aromatic carbocycles. The molecular formula is C17H15ClF3NO3S. The van der Waals surface area contributed by atoms with E-state index < -0.39 is 38.5 Å². The number of carbonyl (C=O) groups is 1. The van der Waals surface area contributed by atoms with Crippen LogP contribution in [0.4, 0.5) is 13.2 Å². The first-order valence-electron chi connectivity index (χ1n) is 7.41. The number of rotatable bonds is 5. The molecule has 4 nitrogen and oxygen atoms in total. The van der Waals surface area contributed by atoms with Crippen molar-refractivity contribution < 1.29 is 26.4 Å². The van der Waals surface area contributed by atoms with Gasteiger partial charge in [-0.2, -0.15) is 13.2 Å². The Balaban J connectivity index is 2.25. The summed E-state index contributed by atoms with van der Waals surface area (Å²) in [6.07, 6.45) is -4.33. The third-order valence-corrected chi connectivity index (χ3v) is 6.68. The summed E-state index contributed by atoms with van der Waals surface area (Å²) in [5.41, 5.74) is -0.885. The fraction of sp³-hybridized carbons (Fsp3) is 0.294. The normalized spacial score (nSPS) is 12.8. The Kier molecular flexibility index (Phi) is 5.49. The van der Waals surface area contributed by atoms with Crippen LogP contribution in [0.15, 0.2) is 47.5 Å². The van der Waals surface area contributed by atoms with E-state index in [4.69, 9.17) is 11.6 Å². The van der Waals surface area contributed by atoms with E-state index in [-0.39, 0.29) is 10.6 Å². The summed E-state index contributed by atoms with van der Waals surface area (Å²) in [5.74, 6) is -0.681. The monoisotopic (exact) mass is 405 g/mol. The van der Waals surface area contributed by atoms with Crippen molar-refractivity contribution in [1.82, 2.24) is 4.98 Å². The van der Waals surface area contributed by atoms with Crippen molar-refractivity contribution in [2.75, 3.05) is 0 Å². The molecule has 0 bridgehead atoms. The Bertz CT molecular complexity index is 906. The molecule has 2 aromatic rings. The standard InChI is InChI=1S/C17H15ClF3NO3S/c1-16(2,26(24,25)14-7-4-12(18)5-8-14)15(23)9-13-6-3-11(10-22-13)17(19,20)21/h3-8,10H,9H2,1-2H3. The van der Waals surface area contributed by atoms with E-state index >= 15 is 0 Å². The third-order valence-electron chi connectivity index (χ3n) is 3.96. The maximum Gasteiger partial charge on any atom is 0.417 e. The summed E-state index contributed by atoms with van der Waals surface area (Å²) in [4.78, 5) is 16.1. The second-order valence-electron chi connectivity index (χ2n) is 6.10. The number of hydrogen-bond donors (Lipinski definition) is 0. The van der Waals surface area contributed by atoms with Gasteiger partial charge in [-0.25, -0.2) is 8.42 Å². The summed E-state index contributed by atoms with van der Waals surface area (Å²) in [6, 6.07) is 7.24. The van der Waals surface area contributed by atoms with Gasteiger partial charge in [0.05, 0.1) is 16.9 Å². The van der Waals surface area contributed by atoms with Gasteiger partial charge in [0.25, 0.3) is 0 Å². The Morgan fingerprint density at radius 2 is 1.65 bits per heavy atom. The average molecular weight is 406 g/mol. The van der Waals surface area contributed by atoms with Crippen molar-refractivity contribution in [3.63, 3.8) is 0 Å². The van der Waals surface area contributed by atoms with E-state index in [9.17, 15) is 26.4 Å². The van der Waals surface area contributed by atoms with Gasteiger partial charge in [0.15, 0.2) is 15.6 Å². The molecule has 26 heavy (non-hydrogen) atoms. The molecule has 9 heteroatoms. The van der Waals surface area contributed by atoms with Crippen molar-refractivity contribution in [3.05, 3.63) is 58.9 Å². The van der Waals surface area contributed by atoms with Crippen LogP contribution in [0.3, 0.4) is 0 Å². The molecule has 0 saturated carbocycles. The van der Waals surface area contributed by atoms with Gasteiger partial charge < -0.3 is 0 Å². The van der Waals surface area contributed by atoms with Gasteiger partial charge in [0.1, 0.15) is 4.75 Å². The van der Waals surface area contributed by atoms with Gasteiger partial charge in [-0.05, 0) is 50.2 Å². The average Bonchev–Trinajstić information content (AvgIpc) is 2.54. The van der Waals surface area contributed by atoms with Crippen molar-refractivity contribution in [2.45, 2.75) is 36.1 Å². The molecule has 0 aliphatic rings. The molecule has 0 N–H and O–H groups in total. The molecule has 140 valence electrons. The van der Waals surface area contributed by atoms with Crippen LogP contribution < -0.4 is 0 Å². The zero-order valence-corrected chi connectivity index (χ0v) is 15.4. The van der Waals surface area contributed by atoms with Crippen molar-refractivity contribution >= 4 is 27.2 Å². The van der Waals surface area contributed by atoms with Gasteiger partial charge in [-0.1, -0.05) is 11.6 Å².